The molecule has 0 spiro atoms. The molecular formula is C8H17LaNO. The van der Waals surface area contributed by atoms with E-state index in [0.717, 1.165) is 6.42 Å². The van der Waals surface area contributed by atoms with Gasteiger partial charge in [0.25, 0.3) is 0 Å². The van der Waals surface area contributed by atoms with Crippen LogP contribution in [0.25, 0.3) is 0 Å². The zero-order valence-electron chi connectivity index (χ0n) is 7.90. The molecule has 0 saturated carbocycles. The summed E-state index contributed by atoms with van der Waals surface area (Å²) in [5, 5.41) is 0. The molecule has 3 heteroatoms. The van der Waals surface area contributed by atoms with Gasteiger partial charge in [0.15, 0.2) is 0 Å². The van der Waals surface area contributed by atoms with Crippen molar-refractivity contribution in [3.8, 4) is 0 Å². The zero-order chi connectivity index (χ0) is 8.91. The van der Waals surface area contributed by atoms with E-state index in [2.05, 4.69) is 22.9 Å². The van der Waals surface area contributed by atoms with Crippen molar-refractivity contribution in [3.05, 3.63) is 0 Å². The Hall–Kier alpha value is 0.665. The van der Waals surface area contributed by atoms with Crippen LogP contribution in [0.2, 0.25) is 1.82 Å². The number of carbonyl (C=O) groups excluding carboxylic acids is 1. The Morgan fingerprint density at radius 3 is 2.36 bits per heavy atom. The van der Waals surface area contributed by atoms with Crippen molar-refractivity contribution >= 4 is 5.91 Å². The number of hydrogen-bond donors (Lipinski definition) is 1. The molecule has 0 aromatic carbocycles. The van der Waals surface area contributed by atoms with Crippen LogP contribution in [0.4, 0.5) is 0 Å². The maximum atomic E-state index is 11.0. The number of hydrogen-bond acceptors (Lipinski definition) is 1. The Morgan fingerprint density at radius 2 is 2.00 bits per heavy atom. The van der Waals surface area contributed by atoms with Gasteiger partial charge in [-0.3, -0.25) is 0 Å². The Labute approximate surface area is 86.8 Å². The molecular weight excluding hydrogens is 265 g/mol. The van der Waals surface area contributed by atoms with Crippen molar-refractivity contribution in [1.82, 2.24) is 2.08 Å². The van der Waals surface area contributed by atoms with E-state index in [1.54, 1.807) is 0 Å². The molecule has 0 aliphatic carbocycles. The molecule has 0 aliphatic heterocycles. The summed E-state index contributed by atoms with van der Waals surface area (Å²) in [6.07, 6.45) is 1.66. The predicted octanol–water partition coefficient (Wildman–Crippen LogP) is 2.12. The first kappa shape index (κ1) is 11.7. The minimum absolute atomic E-state index is 0.262. The monoisotopic (exact) mass is 282 g/mol. The topological polar surface area (TPSA) is 29.1 Å². The molecule has 0 heterocycles. The standard InChI is InChI=1S/C4H9NO.C4H9.La/c1-2-3-4(5)6;1-4(2)3;/h2-3H2,1H3,(H2,5,6);1-3H3;/q;;+1/p-1. The fourth-order valence-electron chi connectivity index (χ4n) is 0.596. The first-order valence-corrected chi connectivity index (χ1v) is 7.72. The molecule has 0 aromatic heterocycles. The third-order valence-corrected chi connectivity index (χ3v) is 5.33. The third kappa shape index (κ3) is 8.57. The van der Waals surface area contributed by atoms with Gasteiger partial charge >= 0.3 is 87.4 Å². The Kier molecular flexibility index (Phi) is 5.66. The number of nitrogens with one attached hydrogen (secondary N) is 1. The van der Waals surface area contributed by atoms with Crippen molar-refractivity contribution < 1.29 is 37.0 Å². The molecule has 0 bridgehead atoms. The molecule has 0 radical (unpaired) electrons. The van der Waals surface area contributed by atoms with Crippen LogP contribution in [0.5, 0.6) is 0 Å². The van der Waals surface area contributed by atoms with Gasteiger partial charge < -0.3 is 0 Å². The first-order valence-electron chi connectivity index (χ1n) is 4.09. The second-order valence-corrected chi connectivity index (χ2v) is 11.1. The first-order chi connectivity index (χ1) is 4.95. The number of rotatable bonds is 3. The zero-order valence-corrected chi connectivity index (χ0v) is 11.5. The quantitative estimate of drug-likeness (QED) is 0.844. The molecule has 11 heavy (non-hydrogen) atoms. The van der Waals surface area contributed by atoms with Gasteiger partial charge in [-0.2, -0.15) is 0 Å². The van der Waals surface area contributed by atoms with E-state index in [9.17, 15) is 4.79 Å². The predicted molar refractivity (Wildman–Crippen MR) is 42.8 cm³/mol. The molecule has 1 amide bonds. The molecule has 0 atom stereocenters. The summed E-state index contributed by atoms with van der Waals surface area (Å²) < 4.78 is 3.50. The SMILES string of the molecule is CCCC(=O)[NH][La][C](C)(C)C. The molecule has 0 rings (SSSR count). The van der Waals surface area contributed by atoms with Gasteiger partial charge in [-0.25, -0.2) is 0 Å². The Morgan fingerprint density at radius 1 is 1.45 bits per heavy atom. The van der Waals surface area contributed by atoms with Crippen LogP contribution < -0.4 is 2.08 Å². The van der Waals surface area contributed by atoms with Gasteiger partial charge in [-0.15, -0.1) is 0 Å². The van der Waals surface area contributed by atoms with E-state index >= 15 is 0 Å². The second kappa shape index (κ2) is 5.33. The third-order valence-electron chi connectivity index (χ3n) is 1.14. The Bertz CT molecular complexity index is 129. The normalized spacial score (nSPS) is 10.5. The van der Waals surface area contributed by atoms with Crippen LogP contribution >= 0.6 is 0 Å². The fourth-order valence-corrected chi connectivity index (χ4v) is 2.91. The van der Waals surface area contributed by atoms with Gasteiger partial charge in [0, 0.05) is 0 Å². The molecule has 0 saturated heterocycles. The van der Waals surface area contributed by atoms with E-state index in [-0.39, 0.29) is 5.91 Å². The van der Waals surface area contributed by atoms with E-state index in [4.69, 9.17) is 0 Å². The van der Waals surface area contributed by atoms with E-state index in [1.807, 2.05) is 6.92 Å². The number of carbonyl (C=O) groups is 1. The average Bonchev–Trinajstić information content (AvgIpc) is 1.83. The molecule has 1 N–H and O–H groups in total. The van der Waals surface area contributed by atoms with Crippen molar-refractivity contribution in [2.45, 2.75) is 42.4 Å². The second-order valence-electron chi connectivity index (χ2n) is 3.83. The van der Waals surface area contributed by atoms with Crippen LogP contribution in [0, 0.1) is 32.2 Å². The van der Waals surface area contributed by atoms with Gasteiger partial charge in [-0.05, 0) is 0 Å². The van der Waals surface area contributed by atoms with Crippen molar-refractivity contribution in [3.63, 3.8) is 0 Å². The van der Waals surface area contributed by atoms with Crippen LogP contribution in [0.15, 0.2) is 0 Å². The summed E-state index contributed by atoms with van der Waals surface area (Å²) in [6, 6.07) is 0. The van der Waals surface area contributed by atoms with Crippen molar-refractivity contribution in [2.24, 2.45) is 0 Å². The Balaban J connectivity index is 3.46. The summed E-state index contributed by atoms with van der Waals surface area (Å²) >= 11 is -1.01. The van der Waals surface area contributed by atoms with Crippen molar-refractivity contribution in [1.29, 1.82) is 0 Å². The van der Waals surface area contributed by atoms with Crippen molar-refractivity contribution in [2.75, 3.05) is 0 Å². The molecule has 2 nitrogen and oxygen atoms in total. The van der Waals surface area contributed by atoms with Crippen LogP contribution in [0.3, 0.4) is 0 Å². The van der Waals surface area contributed by atoms with Gasteiger partial charge in [0.05, 0.1) is 0 Å². The van der Waals surface area contributed by atoms with Gasteiger partial charge in [0.1, 0.15) is 0 Å². The van der Waals surface area contributed by atoms with Crippen LogP contribution in [0.1, 0.15) is 40.5 Å². The summed E-state index contributed by atoms with van der Waals surface area (Å²) in [4.78, 5) is 11.0. The summed E-state index contributed by atoms with van der Waals surface area (Å²) in [5.41, 5.74) is 0. The van der Waals surface area contributed by atoms with E-state index in [0.29, 0.717) is 8.24 Å². The van der Waals surface area contributed by atoms with Gasteiger partial charge in [-0.1, -0.05) is 0 Å². The molecule has 63 valence electrons. The molecule has 0 fully saturated rings. The van der Waals surface area contributed by atoms with E-state index < -0.39 is 32.2 Å². The number of amides is 1. The van der Waals surface area contributed by atoms with Gasteiger partial charge in [0.2, 0.25) is 0 Å². The minimum atomic E-state index is -1.01. The molecule has 0 unspecified atom stereocenters. The average molecular weight is 282 g/mol. The summed E-state index contributed by atoms with van der Waals surface area (Å²) in [6.45, 7) is 8.64. The molecule has 0 aliphatic rings. The fraction of sp³-hybridized carbons (Fsp3) is 0.875. The molecule has 0 aromatic rings. The van der Waals surface area contributed by atoms with E-state index in [1.165, 1.54) is 0 Å². The van der Waals surface area contributed by atoms with Crippen LogP contribution in [-0.4, -0.2) is 5.91 Å². The summed E-state index contributed by atoms with van der Waals surface area (Å²) in [7, 11) is 0. The van der Waals surface area contributed by atoms with Crippen LogP contribution in [-0.2, 0) is 4.79 Å². The summed E-state index contributed by atoms with van der Waals surface area (Å²) in [5.74, 6) is 0.262. The maximum absolute atomic E-state index is 11.0.